The molecule has 0 aliphatic heterocycles. The first-order valence-electron chi connectivity index (χ1n) is 7.66. The Balaban J connectivity index is 2.09. The highest BCUT2D eigenvalue weighted by Crippen LogP contribution is 2.28. The van der Waals surface area contributed by atoms with Gasteiger partial charge in [0.25, 0.3) is 0 Å². The number of amides is 1. The lowest BCUT2D eigenvalue weighted by Gasteiger charge is -2.39. The van der Waals surface area contributed by atoms with Gasteiger partial charge in [-0.05, 0) is 24.8 Å². The molecule has 1 aliphatic rings. The van der Waals surface area contributed by atoms with E-state index in [0.29, 0.717) is 12.6 Å². The van der Waals surface area contributed by atoms with E-state index in [4.69, 9.17) is 10.9 Å². The molecule has 1 unspecified atom stereocenters. The molecule has 1 amide bonds. The Morgan fingerprint density at radius 3 is 2.62 bits per heavy atom. The minimum Gasteiger partial charge on any atom is -0.396 e. The number of hydrogen-bond donors (Lipinski definition) is 3. The van der Waals surface area contributed by atoms with Gasteiger partial charge in [0.05, 0.1) is 5.92 Å². The first-order chi connectivity index (χ1) is 10.3. The van der Waals surface area contributed by atoms with Gasteiger partial charge in [0.1, 0.15) is 0 Å². The Labute approximate surface area is 126 Å². The molecule has 5 heteroatoms. The second kappa shape index (κ2) is 8.12. The van der Waals surface area contributed by atoms with Crippen LogP contribution in [0, 0.1) is 0 Å². The summed E-state index contributed by atoms with van der Waals surface area (Å²) >= 11 is 0. The number of aliphatic hydroxyl groups excluding tert-OH is 1. The van der Waals surface area contributed by atoms with Crippen LogP contribution in [0.5, 0.6) is 0 Å². The summed E-state index contributed by atoms with van der Waals surface area (Å²) in [5.41, 5.74) is 3.27. The third kappa shape index (κ3) is 4.27. The Kier molecular flexibility index (Phi) is 6.17. The number of nitrogens with zero attached hydrogens (tertiary/aromatic N) is 1. The van der Waals surface area contributed by atoms with Crippen molar-refractivity contribution in [1.29, 1.82) is 0 Å². The number of carbonyl (C=O) groups excluding carboxylic acids is 1. The molecule has 0 radical (unpaired) electrons. The highest BCUT2D eigenvalue weighted by molar-refractivity contribution is 5.83. The molecule has 21 heavy (non-hydrogen) atoms. The van der Waals surface area contributed by atoms with Crippen LogP contribution < -0.4 is 11.3 Å². The van der Waals surface area contributed by atoms with Crippen LogP contribution >= 0.6 is 0 Å². The van der Waals surface area contributed by atoms with Crippen LogP contribution in [0.15, 0.2) is 30.3 Å². The molecular formula is C16H25N3O2. The van der Waals surface area contributed by atoms with Gasteiger partial charge in [-0.2, -0.15) is 0 Å². The zero-order chi connectivity index (χ0) is 15.1. The zero-order valence-corrected chi connectivity index (χ0v) is 12.4. The minimum absolute atomic E-state index is 0.158. The molecule has 0 spiro atoms. The fourth-order valence-corrected chi connectivity index (χ4v) is 2.81. The number of hydrazine groups is 1. The molecule has 4 N–H and O–H groups in total. The fourth-order valence-electron chi connectivity index (χ4n) is 2.81. The first-order valence-corrected chi connectivity index (χ1v) is 7.66. The van der Waals surface area contributed by atoms with Crippen LogP contribution in [-0.4, -0.2) is 41.7 Å². The number of rotatable bonds is 8. The molecule has 1 atom stereocenters. The normalized spacial score (nSPS) is 16.5. The van der Waals surface area contributed by atoms with Crippen LogP contribution in [0.2, 0.25) is 0 Å². The lowest BCUT2D eigenvalue weighted by atomic mass is 9.89. The maximum atomic E-state index is 12.1. The number of nitrogens with two attached hydrogens (primary N) is 1. The van der Waals surface area contributed by atoms with E-state index in [1.165, 1.54) is 19.3 Å². The highest BCUT2D eigenvalue weighted by Gasteiger charge is 2.29. The SMILES string of the molecule is NNC(=O)C(CN(CCCO)C1CCC1)c1ccccc1. The molecule has 0 heterocycles. The van der Waals surface area contributed by atoms with E-state index < -0.39 is 0 Å². The second-order valence-corrected chi connectivity index (χ2v) is 5.63. The molecule has 1 fully saturated rings. The summed E-state index contributed by atoms with van der Waals surface area (Å²) in [6.07, 6.45) is 4.34. The number of nitrogens with one attached hydrogen (secondary N) is 1. The lowest BCUT2D eigenvalue weighted by molar-refractivity contribution is -0.123. The Bertz CT molecular complexity index is 434. The molecule has 1 aromatic carbocycles. The van der Waals surface area contributed by atoms with Gasteiger partial charge in [0.2, 0.25) is 5.91 Å². The third-order valence-corrected chi connectivity index (χ3v) is 4.27. The minimum atomic E-state index is -0.268. The Morgan fingerprint density at radius 2 is 2.10 bits per heavy atom. The maximum Gasteiger partial charge on any atom is 0.242 e. The standard InChI is InChI=1S/C16H25N3O2/c17-18-16(21)15(13-6-2-1-3-7-13)12-19(10-5-11-20)14-8-4-9-14/h1-3,6-7,14-15,20H,4-5,8-12,17H2,(H,18,21). The van der Waals surface area contributed by atoms with Crippen molar-refractivity contribution >= 4 is 5.91 Å². The van der Waals surface area contributed by atoms with Gasteiger partial charge in [-0.1, -0.05) is 36.8 Å². The first kappa shape index (κ1) is 15.9. The smallest absolute Gasteiger partial charge is 0.242 e. The molecule has 1 aromatic rings. The fraction of sp³-hybridized carbons (Fsp3) is 0.562. The van der Waals surface area contributed by atoms with Crippen LogP contribution in [-0.2, 0) is 4.79 Å². The lowest BCUT2D eigenvalue weighted by Crippen LogP contribution is -2.46. The van der Waals surface area contributed by atoms with Gasteiger partial charge >= 0.3 is 0 Å². The van der Waals surface area contributed by atoms with Crippen molar-refractivity contribution in [3.8, 4) is 0 Å². The van der Waals surface area contributed by atoms with Crippen LogP contribution in [0.1, 0.15) is 37.2 Å². The largest absolute Gasteiger partial charge is 0.396 e. The van der Waals surface area contributed by atoms with Crippen molar-refractivity contribution in [3.63, 3.8) is 0 Å². The van der Waals surface area contributed by atoms with Crippen molar-refractivity contribution in [3.05, 3.63) is 35.9 Å². The topological polar surface area (TPSA) is 78.6 Å². The van der Waals surface area contributed by atoms with Crippen molar-refractivity contribution in [2.45, 2.75) is 37.6 Å². The summed E-state index contributed by atoms with van der Waals surface area (Å²) in [6.45, 7) is 1.66. The van der Waals surface area contributed by atoms with Gasteiger partial charge < -0.3 is 5.11 Å². The van der Waals surface area contributed by atoms with E-state index in [-0.39, 0.29) is 18.4 Å². The van der Waals surface area contributed by atoms with Gasteiger partial charge in [-0.3, -0.25) is 15.1 Å². The third-order valence-electron chi connectivity index (χ3n) is 4.27. The van der Waals surface area contributed by atoms with Crippen LogP contribution in [0.4, 0.5) is 0 Å². The van der Waals surface area contributed by atoms with Gasteiger partial charge in [-0.25, -0.2) is 5.84 Å². The molecular weight excluding hydrogens is 266 g/mol. The highest BCUT2D eigenvalue weighted by atomic mass is 16.3. The quantitative estimate of drug-likeness (QED) is 0.379. The average molecular weight is 291 g/mol. The van der Waals surface area contributed by atoms with E-state index in [1.54, 1.807) is 0 Å². The van der Waals surface area contributed by atoms with Crippen molar-refractivity contribution in [2.75, 3.05) is 19.7 Å². The molecule has 0 bridgehead atoms. The predicted octanol–water partition coefficient (Wildman–Crippen LogP) is 0.997. The van der Waals surface area contributed by atoms with Crippen molar-refractivity contribution < 1.29 is 9.90 Å². The van der Waals surface area contributed by atoms with E-state index in [2.05, 4.69) is 10.3 Å². The van der Waals surface area contributed by atoms with Gasteiger partial charge in [0.15, 0.2) is 0 Å². The summed E-state index contributed by atoms with van der Waals surface area (Å²) in [5.74, 6) is 4.92. The van der Waals surface area contributed by atoms with Gasteiger partial charge in [-0.15, -0.1) is 0 Å². The maximum absolute atomic E-state index is 12.1. The number of hydrogen-bond acceptors (Lipinski definition) is 4. The molecule has 1 saturated carbocycles. The second-order valence-electron chi connectivity index (χ2n) is 5.63. The van der Waals surface area contributed by atoms with Gasteiger partial charge in [0, 0.05) is 25.7 Å². The van der Waals surface area contributed by atoms with Crippen molar-refractivity contribution in [1.82, 2.24) is 10.3 Å². The number of aliphatic hydroxyl groups is 1. The van der Waals surface area contributed by atoms with Crippen LogP contribution in [0.3, 0.4) is 0 Å². The van der Waals surface area contributed by atoms with E-state index in [0.717, 1.165) is 18.5 Å². The monoisotopic (exact) mass is 291 g/mol. The molecule has 2 rings (SSSR count). The molecule has 116 valence electrons. The Hall–Kier alpha value is -1.43. The molecule has 1 aliphatic carbocycles. The predicted molar refractivity (Wildman–Crippen MR) is 82.4 cm³/mol. The van der Waals surface area contributed by atoms with E-state index in [1.807, 2.05) is 30.3 Å². The van der Waals surface area contributed by atoms with Crippen molar-refractivity contribution in [2.24, 2.45) is 5.84 Å². The zero-order valence-electron chi connectivity index (χ0n) is 12.4. The summed E-state index contributed by atoms with van der Waals surface area (Å²) in [4.78, 5) is 14.5. The molecule has 0 aromatic heterocycles. The average Bonchev–Trinajstić information content (AvgIpc) is 2.48. The number of carbonyl (C=O) groups is 1. The molecule has 5 nitrogen and oxygen atoms in total. The summed E-state index contributed by atoms with van der Waals surface area (Å²) in [7, 11) is 0. The Morgan fingerprint density at radius 1 is 1.38 bits per heavy atom. The van der Waals surface area contributed by atoms with E-state index >= 15 is 0 Å². The summed E-state index contributed by atoms with van der Waals surface area (Å²) in [6, 6.07) is 10.3. The van der Waals surface area contributed by atoms with E-state index in [9.17, 15) is 4.79 Å². The van der Waals surface area contributed by atoms with Crippen LogP contribution in [0.25, 0.3) is 0 Å². The summed E-state index contributed by atoms with van der Waals surface area (Å²) in [5, 5.41) is 9.07. The molecule has 0 saturated heterocycles. The number of benzene rings is 1. The summed E-state index contributed by atoms with van der Waals surface area (Å²) < 4.78 is 0.